The number of carbonyl (C=O) groups excluding carboxylic acids is 2. The highest BCUT2D eigenvalue weighted by Crippen LogP contribution is 2.39. The largest absolute Gasteiger partial charge is 0.350 e. The van der Waals surface area contributed by atoms with E-state index in [-0.39, 0.29) is 23.3 Å². The molecule has 2 saturated heterocycles. The van der Waals surface area contributed by atoms with E-state index in [0.717, 1.165) is 37.9 Å². The minimum absolute atomic E-state index is 0.0535. The Labute approximate surface area is 158 Å². The molecular weight excluding hydrogens is 342 g/mol. The van der Waals surface area contributed by atoms with E-state index in [2.05, 4.69) is 20.6 Å². The van der Waals surface area contributed by atoms with Crippen LogP contribution in [0.15, 0.2) is 42.6 Å². The van der Waals surface area contributed by atoms with Crippen molar-refractivity contribution in [1.29, 1.82) is 0 Å². The molecule has 1 aromatic carbocycles. The topological polar surface area (TPSA) is 79.3 Å². The van der Waals surface area contributed by atoms with Crippen molar-refractivity contribution in [1.82, 2.24) is 20.0 Å². The number of anilines is 1. The lowest BCUT2D eigenvalue weighted by Crippen LogP contribution is -2.52. The molecule has 142 valence electrons. The third-order valence-electron chi connectivity index (χ3n) is 5.66. The lowest BCUT2D eigenvalue weighted by Gasteiger charge is -2.39. The van der Waals surface area contributed by atoms with E-state index >= 15 is 0 Å². The summed E-state index contributed by atoms with van der Waals surface area (Å²) in [4.78, 5) is 26.9. The zero-order valence-corrected chi connectivity index (χ0v) is 15.5. The molecule has 0 unspecified atom stereocenters. The van der Waals surface area contributed by atoms with Gasteiger partial charge in [-0.2, -0.15) is 5.10 Å². The van der Waals surface area contributed by atoms with Crippen molar-refractivity contribution in [3.05, 3.63) is 48.2 Å². The van der Waals surface area contributed by atoms with Crippen LogP contribution >= 0.6 is 0 Å². The van der Waals surface area contributed by atoms with Gasteiger partial charge in [-0.25, -0.2) is 0 Å². The van der Waals surface area contributed by atoms with E-state index in [1.165, 1.54) is 0 Å². The second kappa shape index (κ2) is 7.15. The number of piperidine rings is 1. The molecule has 2 aliphatic rings. The second-order valence-corrected chi connectivity index (χ2v) is 7.64. The smallest absolute Gasteiger partial charge is 0.239 e. The molecule has 2 aliphatic heterocycles. The number of hydrogen-bond acceptors (Lipinski definition) is 4. The average Bonchev–Trinajstić information content (AvgIpc) is 3.21. The van der Waals surface area contributed by atoms with Crippen molar-refractivity contribution >= 4 is 17.6 Å². The normalized spacial score (nSPS) is 22.0. The van der Waals surface area contributed by atoms with E-state index in [9.17, 15) is 9.59 Å². The number of benzene rings is 1. The molecule has 3 heterocycles. The van der Waals surface area contributed by atoms with Crippen molar-refractivity contribution in [2.24, 2.45) is 7.05 Å². The van der Waals surface area contributed by atoms with Crippen LogP contribution in [-0.4, -0.2) is 51.7 Å². The molecule has 1 spiro atoms. The Hall–Kier alpha value is -2.67. The summed E-state index contributed by atoms with van der Waals surface area (Å²) in [5, 5.41) is 10.2. The summed E-state index contributed by atoms with van der Waals surface area (Å²) in [7, 11) is 1.82. The first-order chi connectivity index (χ1) is 13.0. The molecule has 27 heavy (non-hydrogen) atoms. The quantitative estimate of drug-likeness (QED) is 0.858. The van der Waals surface area contributed by atoms with Crippen LogP contribution in [0.5, 0.6) is 0 Å². The van der Waals surface area contributed by atoms with E-state index in [4.69, 9.17) is 0 Å². The summed E-state index contributed by atoms with van der Waals surface area (Å²) < 4.78 is 1.66. The van der Waals surface area contributed by atoms with Crippen LogP contribution in [0.1, 0.15) is 30.7 Å². The highest BCUT2D eigenvalue weighted by molar-refractivity contribution is 5.91. The van der Waals surface area contributed by atoms with Gasteiger partial charge in [0.2, 0.25) is 11.8 Å². The predicted molar refractivity (Wildman–Crippen MR) is 102 cm³/mol. The average molecular weight is 367 g/mol. The Morgan fingerprint density at radius 1 is 1.26 bits per heavy atom. The Balaban J connectivity index is 1.31. The van der Waals surface area contributed by atoms with Gasteiger partial charge in [-0.15, -0.1) is 0 Å². The number of hydrogen-bond donors (Lipinski definition) is 2. The van der Waals surface area contributed by atoms with Crippen LogP contribution < -0.4 is 10.6 Å². The lowest BCUT2D eigenvalue weighted by molar-refractivity contribution is -0.121. The Bertz CT molecular complexity index is 824. The Morgan fingerprint density at radius 3 is 2.67 bits per heavy atom. The summed E-state index contributed by atoms with van der Waals surface area (Å²) in [5.41, 5.74) is 0.954. The lowest BCUT2D eigenvalue weighted by atomic mass is 9.82. The molecule has 7 heteroatoms. The molecule has 2 N–H and O–H groups in total. The van der Waals surface area contributed by atoms with Gasteiger partial charge in [-0.1, -0.05) is 30.3 Å². The standard InChI is InChI=1S/C20H25N5O2/c1-24-10-7-17(23-24)21-18(26)14-25-11-8-20(9-12-25)13-16(19(27)22-20)15-5-3-2-4-6-15/h2-7,10,16H,8-9,11-14H2,1H3,(H,22,27)(H,21,23,26)/t16-/m1/s1. The molecule has 7 nitrogen and oxygen atoms in total. The molecular formula is C20H25N5O2. The molecule has 2 amide bonds. The number of aryl methyl sites for hydroxylation is 1. The molecule has 2 fully saturated rings. The molecule has 0 bridgehead atoms. The molecule has 0 aliphatic carbocycles. The molecule has 2 aromatic rings. The first-order valence-electron chi connectivity index (χ1n) is 9.42. The summed E-state index contributed by atoms with van der Waals surface area (Å²) in [6.45, 7) is 1.96. The van der Waals surface area contributed by atoms with Crippen molar-refractivity contribution < 1.29 is 9.59 Å². The minimum Gasteiger partial charge on any atom is -0.350 e. The number of nitrogens with one attached hydrogen (secondary N) is 2. The summed E-state index contributed by atoms with van der Waals surface area (Å²) in [6, 6.07) is 11.8. The number of nitrogens with zero attached hydrogens (tertiary/aromatic N) is 3. The summed E-state index contributed by atoms with van der Waals surface area (Å²) >= 11 is 0. The van der Waals surface area contributed by atoms with E-state index in [1.807, 2.05) is 37.4 Å². The molecule has 4 rings (SSSR count). The Kier molecular flexibility index (Phi) is 4.70. The minimum atomic E-state index is -0.133. The molecule has 1 atom stereocenters. The number of rotatable bonds is 4. The SMILES string of the molecule is Cn1ccc(NC(=O)CN2CCC3(CC2)C[C@H](c2ccccc2)C(=O)N3)n1. The molecule has 0 saturated carbocycles. The van der Waals surface area contributed by atoms with Gasteiger partial charge in [0.1, 0.15) is 0 Å². The second-order valence-electron chi connectivity index (χ2n) is 7.64. The first-order valence-corrected chi connectivity index (χ1v) is 9.42. The fourth-order valence-corrected chi connectivity index (χ4v) is 4.17. The maximum absolute atomic E-state index is 12.5. The number of carbonyl (C=O) groups is 2. The van der Waals surface area contributed by atoms with Gasteiger partial charge < -0.3 is 10.6 Å². The van der Waals surface area contributed by atoms with Crippen LogP contribution in [-0.2, 0) is 16.6 Å². The zero-order valence-electron chi connectivity index (χ0n) is 15.5. The third-order valence-corrected chi connectivity index (χ3v) is 5.66. The van der Waals surface area contributed by atoms with Crippen molar-refractivity contribution in [3.63, 3.8) is 0 Å². The van der Waals surface area contributed by atoms with Crippen LogP contribution in [0.2, 0.25) is 0 Å². The van der Waals surface area contributed by atoms with E-state index in [1.54, 1.807) is 16.9 Å². The van der Waals surface area contributed by atoms with Crippen LogP contribution in [0.25, 0.3) is 0 Å². The van der Waals surface area contributed by atoms with Crippen LogP contribution in [0, 0.1) is 0 Å². The highest BCUT2D eigenvalue weighted by atomic mass is 16.2. The monoisotopic (exact) mass is 367 g/mol. The van der Waals surface area contributed by atoms with Crippen molar-refractivity contribution in [2.75, 3.05) is 25.0 Å². The third kappa shape index (κ3) is 3.88. The van der Waals surface area contributed by atoms with Crippen LogP contribution in [0.4, 0.5) is 5.82 Å². The molecule has 1 aromatic heterocycles. The fourth-order valence-electron chi connectivity index (χ4n) is 4.17. The van der Waals surface area contributed by atoms with E-state index in [0.29, 0.717) is 12.4 Å². The van der Waals surface area contributed by atoms with Crippen molar-refractivity contribution in [3.8, 4) is 0 Å². The number of likely N-dealkylation sites (tertiary alicyclic amines) is 1. The number of aromatic nitrogens is 2. The number of amides is 2. The fraction of sp³-hybridized carbons (Fsp3) is 0.450. The summed E-state index contributed by atoms with van der Waals surface area (Å²) in [5.74, 6) is 0.583. The maximum Gasteiger partial charge on any atom is 0.239 e. The van der Waals surface area contributed by atoms with Gasteiger partial charge in [0.05, 0.1) is 12.5 Å². The zero-order chi connectivity index (χ0) is 18.9. The maximum atomic E-state index is 12.5. The van der Waals surface area contributed by atoms with Gasteiger partial charge in [-0.3, -0.25) is 19.2 Å². The van der Waals surface area contributed by atoms with Gasteiger partial charge in [0, 0.05) is 37.9 Å². The Morgan fingerprint density at radius 2 is 2.00 bits per heavy atom. The van der Waals surface area contributed by atoms with Gasteiger partial charge >= 0.3 is 0 Å². The highest BCUT2D eigenvalue weighted by Gasteiger charge is 2.46. The van der Waals surface area contributed by atoms with E-state index < -0.39 is 0 Å². The summed E-state index contributed by atoms with van der Waals surface area (Å²) in [6.07, 6.45) is 4.38. The van der Waals surface area contributed by atoms with Crippen LogP contribution in [0.3, 0.4) is 0 Å². The van der Waals surface area contributed by atoms with Gasteiger partial charge in [-0.05, 0) is 24.8 Å². The van der Waals surface area contributed by atoms with Gasteiger partial charge in [0.15, 0.2) is 5.82 Å². The first kappa shape index (κ1) is 17.7. The van der Waals surface area contributed by atoms with Crippen molar-refractivity contribution in [2.45, 2.75) is 30.7 Å². The predicted octanol–water partition coefficient (Wildman–Crippen LogP) is 1.50. The van der Waals surface area contributed by atoms with Gasteiger partial charge in [0.25, 0.3) is 0 Å². The molecule has 0 radical (unpaired) electrons.